The van der Waals surface area contributed by atoms with Gasteiger partial charge in [-0.3, -0.25) is 0 Å². The number of para-hydroxylation sites is 1. The number of carbonyl (C=O) groups excluding carboxylic acids is 1. The predicted molar refractivity (Wildman–Crippen MR) is 55.5 cm³/mol. The van der Waals surface area contributed by atoms with Crippen molar-refractivity contribution < 1.29 is 4.79 Å². The number of hydrogen-bond acceptors (Lipinski definition) is 2. The van der Waals surface area contributed by atoms with Crippen molar-refractivity contribution in [3.63, 3.8) is 0 Å². The third kappa shape index (κ3) is 1.21. The van der Waals surface area contributed by atoms with Crippen molar-refractivity contribution in [1.29, 1.82) is 0 Å². The van der Waals surface area contributed by atoms with E-state index in [1.807, 2.05) is 35.1 Å². The molecule has 1 heterocycles. The zero-order chi connectivity index (χ0) is 9.97. The van der Waals surface area contributed by atoms with Crippen molar-refractivity contribution in [1.82, 2.24) is 0 Å². The molecule has 2 nitrogen and oxygen atoms in total. The Labute approximate surface area is 82.8 Å². The van der Waals surface area contributed by atoms with E-state index in [0.717, 1.165) is 11.3 Å². The fourth-order valence-corrected chi connectivity index (χ4v) is 1.71. The zero-order valence-corrected chi connectivity index (χ0v) is 7.66. The molecule has 1 aliphatic heterocycles. The van der Waals surface area contributed by atoms with Crippen LogP contribution in [0, 0.1) is 12.3 Å². The standard InChI is InChI=1S/C12H9NO/c1-2-7-13-11(9-14)8-10-5-3-4-6-12(10)13/h1,3-6H,7-8H2. The van der Waals surface area contributed by atoms with Gasteiger partial charge in [0.15, 0.2) is 0 Å². The molecule has 0 saturated heterocycles. The lowest BCUT2D eigenvalue weighted by molar-refractivity contribution is 0.566. The summed E-state index contributed by atoms with van der Waals surface area (Å²) in [5, 5.41) is 0. The van der Waals surface area contributed by atoms with Gasteiger partial charge in [0.25, 0.3) is 0 Å². The van der Waals surface area contributed by atoms with Gasteiger partial charge in [0.05, 0.1) is 6.54 Å². The van der Waals surface area contributed by atoms with Crippen LogP contribution in [0.3, 0.4) is 0 Å². The van der Waals surface area contributed by atoms with Gasteiger partial charge in [-0.1, -0.05) is 24.1 Å². The highest BCUT2D eigenvalue weighted by Crippen LogP contribution is 2.32. The minimum atomic E-state index is 0.432. The summed E-state index contributed by atoms with van der Waals surface area (Å²) in [5.74, 6) is 4.48. The molecule has 0 N–H and O–H groups in total. The number of hydrogen-bond donors (Lipinski definition) is 0. The number of terminal acetylenes is 1. The van der Waals surface area contributed by atoms with Crippen LogP contribution in [-0.2, 0) is 11.2 Å². The van der Waals surface area contributed by atoms with Gasteiger partial charge in [0.1, 0.15) is 11.6 Å². The summed E-state index contributed by atoms with van der Waals surface area (Å²) in [7, 11) is 0. The lowest BCUT2D eigenvalue weighted by atomic mass is 10.1. The molecule has 0 saturated carbocycles. The van der Waals surface area contributed by atoms with E-state index in [2.05, 4.69) is 5.92 Å². The largest absolute Gasteiger partial charge is 0.324 e. The molecule has 0 bridgehead atoms. The molecule has 0 spiro atoms. The second kappa shape index (κ2) is 3.41. The van der Waals surface area contributed by atoms with Crippen LogP contribution in [0.1, 0.15) is 5.56 Å². The van der Waals surface area contributed by atoms with E-state index in [-0.39, 0.29) is 0 Å². The van der Waals surface area contributed by atoms with Crippen LogP contribution in [0.5, 0.6) is 0 Å². The quantitative estimate of drug-likeness (QED) is 0.484. The molecule has 1 aromatic rings. The third-order valence-electron chi connectivity index (χ3n) is 2.33. The van der Waals surface area contributed by atoms with Crippen LogP contribution >= 0.6 is 0 Å². The average molecular weight is 183 g/mol. The van der Waals surface area contributed by atoms with Crippen molar-refractivity contribution in [2.75, 3.05) is 11.4 Å². The summed E-state index contributed by atoms with van der Waals surface area (Å²) in [6, 6.07) is 7.87. The molecule has 1 aromatic carbocycles. The molecule has 0 fully saturated rings. The zero-order valence-electron chi connectivity index (χ0n) is 7.66. The topological polar surface area (TPSA) is 20.3 Å². The van der Waals surface area contributed by atoms with Crippen LogP contribution in [0.2, 0.25) is 0 Å². The molecule has 0 atom stereocenters. The molecule has 0 aromatic heterocycles. The van der Waals surface area contributed by atoms with Gasteiger partial charge in [0.2, 0.25) is 0 Å². The maximum absolute atomic E-state index is 10.7. The first-order chi connectivity index (χ1) is 6.86. The summed E-state index contributed by atoms with van der Waals surface area (Å²) in [4.78, 5) is 12.5. The minimum Gasteiger partial charge on any atom is -0.324 e. The van der Waals surface area contributed by atoms with Gasteiger partial charge >= 0.3 is 0 Å². The highest BCUT2D eigenvalue weighted by atomic mass is 16.1. The first-order valence-corrected chi connectivity index (χ1v) is 4.39. The molecule has 0 aliphatic carbocycles. The van der Waals surface area contributed by atoms with Crippen LogP contribution < -0.4 is 4.90 Å². The molecule has 1 aliphatic rings. The van der Waals surface area contributed by atoms with Crippen LogP contribution in [0.25, 0.3) is 0 Å². The monoisotopic (exact) mass is 183 g/mol. The fourth-order valence-electron chi connectivity index (χ4n) is 1.71. The molecule has 2 heteroatoms. The van der Waals surface area contributed by atoms with E-state index in [4.69, 9.17) is 6.42 Å². The summed E-state index contributed by atoms with van der Waals surface area (Å²) >= 11 is 0. The second-order valence-corrected chi connectivity index (χ2v) is 3.14. The van der Waals surface area contributed by atoms with Gasteiger partial charge < -0.3 is 4.90 Å². The van der Waals surface area contributed by atoms with E-state index in [1.165, 1.54) is 0 Å². The van der Waals surface area contributed by atoms with Gasteiger partial charge in [-0.05, 0) is 11.6 Å². The molecular weight excluding hydrogens is 174 g/mol. The molecule has 0 unspecified atom stereocenters. The van der Waals surface area contributed by atoms with Gasteiger partial charge in [-0.2, -0.15) is 0 Å². The van der Waals surface area contributed by atoms with Crippen molar-refractivity contribution in [3.05, 3.63) is 35.5 Å². The normalized spacial score (nSPS) is 13.4. The molecular formula is C12H9NO. The Morgan fingerprint density at radius 2 is 2.21 bits per heavy atom. The van der Waals surface area contributed by atoms with E-state index < -0.39 is 0 Å². The van der Waals surface area contributed by atoms with Gasteiger partial charge in [-0.15, -0.1) is 6.42 Å². The highest BCUT2D eigenvalue weighted by Gasteiger charge is 2.23. The lowest BCUT2D eigenvalue weighted by Gasteiger charge is -2.15. The third-order valence-corrected chi connectivity index (χ3v) is 2.33. The smallest absolute Gasteiger partial charge is 0.146 e. The number of allylic oxidation sites excluding steroid dienone is 1. The maximum Gasteiger partial charge on any atom is 0.146 e. The van der Waals surface area contributed by atoms with Crippen LogP contribution in [0.15, 0.2) is 30.0 Å². The second-order valence-electron chi connectivity index (χ2n) is 3.14. The van der Waals surface area contributed by atoms with E-state index in [1.54, 1.807) is 0 Å². The summed E-state index contributed by atoms with van der Waals surface area (Å²) < 4.78 is 0. The lowest BCUT2D eigenvalue weighted by Crippen LogP contribution is -2.19. The number of nitrogens with zero attached hydrogens (tertiary/aromatic N) is 1. The summed E-state index contributed by atoms with van der Waals surface area (Å²) in [6.45, 7) is 0.432. The maximum atomic E-state index is 10.7. The SMILES string of the molecule is C#CCN1C(=C=O)Cc2ccccc21. The van der Waals surface area contributed by atoms with Gasteiger partial charge in [-0.25, -0.2) is 4.79 Å². The Morgan fingerprint density at radius 3 is 2.93 bits per heavy atom. The molecule has 0 amide bonds. The minimum absolute atomic E-state index is 0.432. The van der Waals surface area contributed by atoms with Crippen LogP contribution in [0.4, 0.5) is 5.69 Å². The van der Waals surface area contributed by atoms with Gasteiger partial charge in [0, 0.05) is 12.1 Å². The van der Waals surface area contributed by atoms with E-state index in [0.29, 0.717) is 18.7 Å². The van der Waals surface area contributed by atoms with Crippen molar-refractivity contribution >= 4 is 11.6 Å². The molecule has 2 rings (SSSR count). The number of rotatable bonds is 1. The fraction of sp³-hybridized carbons (Fsp3) is 0.167. The first kappa shape index (κ1) is 8.62. The Bertz CT molecular complexity index is 450. The van der Waals surface area contributed by atoms with E-state index >= 15 is 0 Å². The average Bonchev–Trinajstić information content (AvgIpc) is 2.58. The Morgan fingerprint density at radius 1 is 1.43 bits per heavy atom. The number of fused-ring (bicyclic) bond motifs is 1. The van der Waals surface area contributed by atoms with Crippen molar-refractivity contribution in [2.24, 2.45) is 0 Å². The van der Waals surface area contributed by atoms with E-state index in [9.17, 15) is 4.79 Å². The Balaban J connectivity index is 2.48. The molecule has 14 heavy (non-hydrogen) atoms. The Hall–Kier alpha value is -1.97. The van der Waals surface area contributed by atoms with Crippen molar-refractivity contribution in [3.8, 4) is 12.3 Å². The molecule has 68 valence electrons. The Kier molecular flexibility index (Phi) is 2.10. The number of benzene rings is 1. The first-order valence-electron chi connectivity index (χ1n) is 4.39. The highest BCUT2D eigenvalue weighted by molar-refractivity contribution is 5.73. The predicted octanol–water partition coefficient (Wildman–Crippen LogP) is 1.40. The van der Waals surface area contributed by atoms with Crippen LogP contribution in [-0.4, -0.2) is 12.5 Å². The summed E-state index contributed by atoms with van der Waals surface area (Å²) in [5.41, 5.74) is 2.80. The van der Waals surface area contributed by atoms with Crippen molar-refractivity contribution in [2.45, 2.75) is 6.42 Å². The number of anilines is 1. The summed E-state index contributed by atoms with van der Waals surface area (Å²) in [6.07, 6.45) is 5.89. The molecule has 0 radical (unpaired) electrons.